The molecule has 4 heteroatoms. The van der Waals surface area contributed by atoms with Crippen molar-refractivity contribution in [2.24, 2.45) is 5.92 Å². The Kier molecular flexibility index (Phi) is 2.92. The molecular weight excluding hydrogens is 158 g/mol. The average Bonchev–Trinajstić information content (AvgIpc) is 2.15. The number of halogens is 2. The van der Waals surface area contributed by atoms with Gasteiger partial charge in [-0.3, -0.25) is 0 Å². The Morgan fingerprint density at radius 1 is 1.50 bits per heavy atom. The highest BCUT2D eigenvalue weighted by Gasteiger charge is 2.28. The lowest BCUT2D eigenvalue weighted by Crippen LogP contribution is -2.19. The summed E-state index contributed by atoms with van der Waals surface area (Å²) in [5.74, 6) is 1.13. The molecule has 1 rings (SSSR count). The lowest BCUT2D eigenvalue weighted by Gasteiger charge is -2.11. The normalized spacial score (nSPS) is 33.6. The van der Waals surface area contributed by atoms with Gasteiger partial charge in [0, 0.05) is 18.1 Å². The zero-order valence-corrected chi connectivity index (χ0v) is 6.28. The summed E-state index contributed by atoms with van der Waals surface area (Å²) in [5.41, 5.74) is 0. The number of hydrogen-bond acceptors (Lipinski definition) is 2. The molecule has 1 aliphatic heterocycles. The van der Waals surface area contributed by atoms with Gasteiger partial charge in [0.2, 0.25) is 6.43 Å². The summed E-state index contributed by atoms with van der Waals surface area (Å²) in [6, 6.07) is 0. The van der Waals surface area contributed by atoms with E-state index in [1.54, 1.807) is 11.8 Å². The summed E-state index contributed by atoms with van der Waals surface area (Å²) in [5, 5.41) is 9.08. The fourth-order valence-corrected chi connectivity index (χ4v) is 2.35. The summed E-state index contributed by atoms with van der Waals surface area (Å²) in [4.78, 5) is 0. The van der Waals surface area contributed by atoms with Gasteiger partial charge in [-0.05, 0) is 5.75 Å². The first-order chi connectivity index (χ1) is 4.70. The number of alkyl halides is 2. The van der Waals surface area contributed by atoms with E-state index in [0.717, 1.165) is 0 Å². The highest BCUT2D eigenvalue weighted by atomic mass is 32.2. The molecule has 1 N–H and O–H groups in total. The molecule has 1 aliphatic rings. The monoisotopic (exact) mass is 168 g/mol. The number of hydrogen-bond donors (Lipinski definition) is 1. The Labute approximate surface area is 62.8 Å². The lowest BCUT2D eigenvalue weighted by molar-refractivity contribution is 0.0725. The molecule has 1 nitrogen and oxygen atoms in total. The van der Waals surface area contributed by atoms with Gasteiger partial charge in [-0.1, -0.05) is 0 Å². The standard InChI is InChI=1S/C6H10F2OS/c7-6(8)1-4-2-10-3-5(4)9/h4-6,9H,1-3H2. The fraction of sp³-hybridized carbons (Fsp3) is 1.00. The maximum Gasteiger partial charge on any atom is 0.239 e. The van der Waals surface area contributed by atoms with Gasteiger partial charge in [0.05, 0.1) is 6.10 Å². The molecule has 1 fully saturated rings. The molecule has 0 aromatic rings. The van der Waals surface area contributed by atoms with E-state index in [2.05, 4.69) is 0 Å². The minimum atomic E-state index is -2.27. The van der Waals surface area contributed by atoms with Gasteiger partial charge in [0.1, 0.15) is 0 Å². The van der Waals surface area contributed by atoms with Gasteiger partial charge in [0.25, 0.3) is 0 Å². The Morgan fingerprint density at radius 2 is 2.20 bits per heavy atom. The van der Waals surface area contributed by atoms with Crippen LogP contribution < -0.4 is 0 Å². The summed E-state index contributed by atoms with van der Waals surface area (Å²) >= 11 is 1.55. The molecule has 0 spiro atoms. The predicted molar refractivity (Wildman–Crippen MR) is 37.4 cm³/mol. The van der Waals surface area contributed by atoms with Crippen molar-refractivity contribution in [3.63, 3.8) is 0 Å². The highest BCUT2D eigenvalue weighted by Crippen LogP contribution is 2.28. The van der Waals surface area contributed by atoms with Crippen LogP contribution >= 0.6 is 11.8 Å². The molecule has 60 valence electrons. The second-order valence-corrected chi connectivity index (χ2v) is 3.57. The van der Waals surface area contributed by atoms with Crippen LogP contribution in [0.1, 0.15) is 6.42 Å². The van der Waals surface area contributed by atoms with E-state index in [0.29, 0.717) is 11.5 Å². The van der Waals surface area contributed by atoms with Gasteiger partial charge in [-0.15, -0.1) is 0 Å². The van der Waals surface area contributed by atoms with Crippen LogP contribution in [-0.4, -0.2) is 29.1 Å². The smallest absolute Gasteiger partial charge is 0.239 e. The first-order valence-electron chi connectivity index (χ1n) is 3.24. The zero-order chi connectivity index (χ0) is 7.56. The van der Waals surface area contributed by atoms with Crippen LogP contribution in [0.25, 0.3) is 0 Å². The number of aliphatic hydroxyl groups is 1. The molecular formula is C6H10F2OS. The summed E-state index contributed by atoms with van der Waals surface area (Å²) in [6.07, 6.45) is -2.91. The van der Waals surface area contributed by atoms with Crippen LogP contribution in [0, 0.1) is 5.92 Å². The van der Waals surface area contributed by atoms with Gasteiger partial charge in [-0.25, -0.2) is 8.78 Å². The maximum absolute atomic E-state index is 11.7. The average molecular weight is 168 g/mol. The molecule has 0 aromatic carbocycles. The van der Waals surface area contributed by atoms with E-state index in [4.69, 9.17) is 5.11 Å². The molecule has 0 saturated carbocycles. The van der Waals surface area contributed by atoms with Crippen molar-refractivity contribution in [1.82, 2.24) is 0 Å². The minimum Gasteiger partial charge on any atom is -0.392 e. The van der Waals surface area contributed by atoms with Crippen LogP contribution in [0.4, 0.5) is 8.78 Å². The molecule has 0 bridgehead atoms. The van der Waals surface area contributed by atoms with Crippen molar-refractivity contribution in [1.29, 1.82) is 0 Å². The van der Waals surface area contributed by atoms with Crippen LogP contribution in [0.3, 0.4) is 0 Å². The maximum atomic E-state index is 11.7. The molecule has 10 heavy (non-hydrogen) atoms. The molecule has 2 atom stereocenters. The van der Waals surface area contributed by atoms with E-state index in [1.165, 1.54) is 0 Å². The zero-order valence-electron chi connectivity index (χ0n) is 5.46. The number of rotatable bonds is 2. The van der Waals surface area contributed by atoms with Crippen molar-refractivity contribution >= 4 is 11.8 Å². The summed E-state index contributed by atoms with van der Waals surface area (Å²) in [7, 11) is 0. The Bertz CT molecular complexity index is 110. The third-order valence-electron chi connectivity index (χ3n) is 1.65. The largest absolute Gasteiger partial charge is 0.392 e. The lowest BCUT2D eigenvalue weighted by atomic mass is 10.0. The second kappa shape index (κ2) is 3.53. The van der Waals surface area contributed by atoms with Crippen molar-refractivity contribution in [3.05, 3.63) is 0 Å². The second-order valence-electron chi connectivity index (χ2n) is 2.49. The Morgan fingerprint density at radius 3 is 2.60 bits per heavy atom. The van der Waals surface area contributed by atoms with E-state index in [1.807, 2.05) is 0 Å². The van der Waals surface area contributed by atoms with Crippen LogP contribution in [0.2, 0.25) is 0 Å². The van der Waals surface area contributed by atoms with E-state index in [9.17, 15) is 8.78 Å². The van der Waals surface area contributed by atoms with Crippen molar-refractivity contribution in [2.45, 2.75) is 19.0 Å². The van der Waals surface area contributed by atoms with Crippen LogP contribution in [0.15, 0.2) is 0 Å². The first kappa shape index (κ1) is 8.27. The van der Waals surface area contributed by atoms with Crippen LogP contribution in [0.5, 0.6) is 0 Å². The fourth-order valence-electron chi connectivity index (χ4n) is 1.04. The van der Waals surface area contributed by atoms with Crippen molar-refractivity contribution < 1.29 is 13.9 Å². The minimum absolute atomic E-state index is 0.145. The molecule has 0 aromatic heterocycles. The molecule has 1 heterocycles. The third kappa shape index (κ3) is 2.09. The third-order valence-corrected chi connectivity index (χ3v) is 2.89. The van der Waals surface area contributed by atoms with Gasteiger partial charge in [0.15, 0.2) is 0 Å². The SMILES string of the molecule is OC1CSCC1CC(F)F. The predicted octanol–water partition coefficient (Wildman–Crippen LogP) is 1.37. The van der Waals surface area contributed by atoms with Crippen molar-refractivity contribution in [2.75, 3.05) is 11.5 Å². The Hall–Kier alpha value is 0.170. The summed E-state index contributed by atoms with van der Waals surface area (Å²) < 4.78 is 23.5. The highest BCUT2D eigenvalue weighted by molar-refractivity contribution is 7.99. The number of aliphatic hydroxyl groups excluding tert-OH is 1. The topological polar surface area (TPSA) is 20.2 Å². The molecule has 0 aliphatic carbocycles. The number of thioether (sulfide) groups is 1. The van der Waals surface area contributed by atoms with E-state index < -0.39 is 12.5 Å². The van der Waals surface area contributed by atoms with Gasteiger partial charge in [-0.2, -0.15) is 11.8 Å². The van der Waals surface area contributed by atoms with Crippen LogP contribution in [-0.2, 0) is 0 Å². The molecule has 2 unspecified atom stereocenters. The first-order valence-corrected chi connectivity index (χ1v) is 4.39. The molecule has 1 saturated heterocycles. The summed E-state index contributed by atoms with van der Waals surface area (Å²) in [6.45, 7) is 0. The van der Waals surface area contributed by atoms with E-state index >= 15 is 0 Å². The Balaban J connectivity index is 2.26. The van der Waals surface area contributed by atoms with Gasteiger partial charge < -0.3 is 5.11 Å². The van der Waals surface area contributed by atoms with Crippen molar-refractivity contribution in [3.8, 4) is 0 Å². The molecule has 0 amide bonds. The van der Waals surface area contributed by atoms with E-state index in [-0.39, 0.29) is 12.3 Å². The molecule has 0 radical (unpaired) electrons. The van der Waals surface area contributed by atoms with Gasteiger partial charge >= 0.3 is 0 Å². The quantitative estimate of drug-likeness (QED) is 0.672.